The molecule has 1 aromatic heterocycles. The second-order valence-electron chi connectivity index (χ2n) is 7.32. The Morgan fingerprint density at radius 3 is 2.65 bits per heavy atom. The first-order valence-corrected chi connectivity index (χ1v) is 10.7. The number of amides is 2. The van der Waals surface area contributed by atoms with Crippen LogP contribution in [-0.4, -0.2) is 39.2 Å². The van der Waals surface area contributed by atoms with Gasteiger partial charge in [0.05, 0.1) is 4.92 Å². The van der Waals surface area contributed by atoms with Crippen molar-refractivity contribution in [3.8, 4) is 10.6 Å². The lowest BCUT2D eigenvalue weighted by Crippen LogP contribution is -2.43. The molecule has 2 aromatic carbocycles. The maximum atomic E-state index is 13.0. The van der Waals surface area contributed by atoms with Crippen molar-refractivity contribution in [1.82, 2.24) is 9.88 Å². The number of hydrogen-bond acceptors (Lipinski definition) is 6. The van der Waals surface area contributed by atoms with Crippen LogP contribution in [-0.2, 0) is 4.79 Å². The highest BCUT2D eigenvalue weighted by Crippen LogP contribution is 2.26. The number of carbonyl (C=O) groups excluding carboxylic acids is 2. The van der Waals surface area contributed by atoms with Gasteiger partial charge in [-0.3, -0.25) is 19.7 Å². The van der Waals surface area contributed by atoms with Gasteiger partial charge in [-0.25, -0.2) is 4.98 Å². The molecule has 0 spiro atoms. The molecule has 1 fully saturated rings. The minimum absolute atomic E-state index is 0.0338. The highest BCUT2D eigenvalue weighted by molar-refractivity contribution is 7.13. The van der Waals surface area contributed by atoms with Crippen LogP contribution in [0.5, 0.6) is 0 Å². The number of aromatic nitrogens is 1. The Bertz CT molecular complexity index is 1130. The lowest BCUT2D eigenvalue weighted by atomic mass is 10.1. The van der Waals surface area contributed by atoms with Crippen LogP contribution < -0.4 is 5.32 Å². The first-order chi connectivity index (χ1) is 14.9. The van der Waals surface area contributed by atoms with E-state index in [1.165, 1.54) is 18.2 Å². The number of aryl methyl sites for hydroxylation is 1. The fourth-order valence-electron chi connectivity index (χ4n) is 3.73. The summed E-state index contributed by atoms with van der Waals surface area (Å²) in [7, 11) is 0. The Morgan fingerprint density at radius 1 is 1.23 bits per heavy atom. The lowest BCUT2D eigenvalue weighted by Gasteiger charge is -2.24. The maximum absolute atomic E-state index is 13.0. The van der Waals surface area contributed by atoms with Gasteiger partial charge in [0.15, 0.2) is 0 Å². The Kier molecular flexibility index (Phi) is 5.77. The molecular weight excluding hydrogens is 416 g/mol. The number of thiazole rings is 1. The maximum Gasteiger partial charge on any atom is 0.272 e. The summed E-state index contributed by atoms with van der Waals surface area (Å²) in [6.45, 7) is 2.06. The Hall–Kier alpha value is -3.59. The van der Waals surface area contributed by atoms with E-state index in [-0.39, 0.29) is 17.5 Å². The molecule has 1 aliphatic heterocycles. The molecule has 158 valence electrons. The number of rotatable bonds is 5. The largest absolute Gasteiger partial charge is 0.327 e. The van der Waals surface area contributed by atoms with Crippen LogP contribution in [0.4, 0.5) is 11.4 Å². The zero-order chi connectivity index (χ0) is 22.0. The Morgan fingerprint density at radius 2 is 2.00 bits per heavy atom. The number of benzene rings is 2. The number of nitro benzene ring substituents is 1. The molecule has 1 aliphatic rings. The topological polar surface area (TPSA) is 105 Å². The molecule has 1 unspecified atom stereocenters. The second-order valence-corrected chi connectivity index (χ2v) is 8.21. The van der Waals surface area contributed by atoms with Crippen molar-refractivity contribution in [3.05, 3.63) is 75.3 Å². The molecule has 0 aliphatic carbocycles. The quantitative estimate of drug-likeness (QED) is 0.475. The Balaban J connectivity index is 1.46. The van der Waals surface area contributed by atoms with Gasteiger partial charge in [-0.15, -0.1) is 11.3 Å². The molecule has 2 amide bonds. The summed E-state index contributed by atoms with van der Waals surface area (Å²) in [5, 5.41) is 16.7. The predicted molar refractivity (Wildman–Crippen MR) is 118 cm³/mol. The van der Waals surface area contributed by atoms with Crippen molar-refractivity contribution >= 4 is 34.5 Å². The fourth-order valence-corrected chi connectivity index (χ4v) is 4.37. The van der Waals surface area contributed by atoms with Crippen molar-refractivity contribution in [1.29, 1.82) is 0 Å². The second kappa shape index (κ2) is 8.65. The molecule has 0 saturated carbocycles. The van der Waals surface area contributed by atoms with Crippen LogP contribution >= 0.6 is 11.3 Å². The van der Waals surface area contributed by atoms with Crippen molar-refractivity contribution < 1.29 is 14.5 Å². The monoisotopic (exact) mass is 436 g/mol. The normalized spacial score (nSPS) is 15.6. The zero-order valence-electron chi connectivity index (χ0n) is 16.8. The average Bonchev–Trinajstić information content (AvgIpc) is 3.45. The summed E-state index contributed by atoms with van der Waals surface area (Å²) in [6, 6.07) is 11.1. The first kappa shape index (κ1) is 20.7. The van der Waals surface area contributed by atoms with Gasteiger partial charge in [0.1, 0.15) is 11.0 Å². The Labute approximate surface area is 182 Å². The van der Waals surface area contributed by atoms with E-state index in [9.17, 15) is 19.7 Å². The van der Waals surface area contributed by atoms with E-state index in [1.807, 2.05) is 29.6 Å². The lowest BCUT2D eigenvalue weighted by molar-refractivity contribution is -0.385. The van der Waals surface area contributed by atoms with Gasteiger partial charge in [-0.1, -0.05) is 0 Å². The minimum Gasteiger partial charge on any atom is -0.327 e. The van der Waals surface area contributed by atoms with Crippen LogP contribution in [0.3, 0.4) is 0 Å². The van der Waals surface area contributed by atoms with Gasteiger partial charge < -0.3 is 10.2 Å². The molecule has 0 bridgehead atoms. The molecule has 8 nitrogen and oxygen atoms in total. The molecular formula is C22H20N4O4S. The first-order valence-electron chi connectivity index (χ1n) is 9.81. The summed E-state index contributed by atoms with van der Waals surface area (Å²) >= 11 is 1.54. The minimum atomic E-state index is -0.582. The van der Waals surface area contributed by atoms with Crippen LogP contribution in [0.2, 0.25) is 0 Å². The van der Waals surface area contributed by atoms with Crippen molar-refractivity contribution in [2.45, 2.75) is 25.8 Å². The van der Waals surface area contributed by atoms with Gasteiger partial charge in [-0.2, -0.15) is 0 Å². The molecule has 1 N–H and O–H groups in total. The van der Waals surface area contributed by atoms with Gasteiger partial charge >= 0.3 is 0 Å². The number of likely N-dealkylation sites (tertiary alicyclic amines) is 1. The summed E-state index contributed by atoms with van der Waals surface area (Å²) < 4.78 is 0. The summed E-state index contributed by atoms with van der Waals surface area (Å²) in [4.78, 5) is 42.2. The number of nitro groups is 1. The molecule has 31 heavy (non-hydrogen) atoms. The van der Waals surface area contributed by atoms with E-state index < -0.39 is 11.0 Å². The van der Waals surface area contributed by atoms with E-state index >= 15 is 0 Å². The van der Waals surface area contributed by atoms with Gasteiger partial charge in [-0.05, 0) is 56.2 Å². The smallest absolute Gasteiger partial charge is 0.272 e. The summed E-state index contributed by atoms with van der Waals surface area (Å²) in [6.07, 6.45) is 3.04. The van der Waals surface area contributed by atoms with E-state index in [1.54, 1.807) is 29.4 Å². The van der Waals surface area contributed by atoms with Gasteiger partial charge in [0.2, 0.25) is 5.91 Å². The predicted octanol–water partition coefficient (Wildman–Crippen LogP) is 4.27. The molecule has 4 rings (SSSR count). The number of nitrogens with one attached hydrogen (secondary N) is 1. The molecule has 3 aromatic rings. The molecule has 1 saturated heterocycles. The number of anilines is 1. The summed E-state index contributed by atoms with van der Waals surface area (Å²) in [5.41, 5.74) is 2.34. The van der Waals surface area contributed by atoms with E-state index in [4.69, 9.17) is 0 Å². The highest BCUT2D eigenvalue weighted by Gasteiger charge is 2.35. The van der Waals surface area contributed by atoms with Crippen LogP contribution in [0.25, 0.3) is 10.6 Å². The standard InChI is InChI=1S/C22H20N4O4S/c1-14-13-16(6-9-18(14)26(29)30)22(28)25-11-2-3-19(25)20(27)24-17-7-4-15(5-8-17)21-23-10-12-31-21/h4-10,12-13,19H,2-3,11H2,1H3,(H,24,27). The highest BCUT2D eigenvalue weighted by atomic mass is 32.1. The fraction of sp³-hybridized carbons (Fsp3) is 0.227. The van der Waals surface area contributed by atoms with Crippen LogP contribution in [0, 0.1) is 17.0 Å². The van der Waals surface area contributed by atoms with Crippen molar-refractivity contribution in [2.24, 2.45) is 0 Å². The van der Waals surface area contributed by atoms with Crippen molar-refractivity contribution in [2.75, 3.05) is 11.9 Å². The number of carbonyl (C=O) groups is 2. The molecule has 2 heterocycles. The van der Waals surface area contributed by atoms with Crippen LogP contribution in [0.15, 0.2) is 54.0 Å². The third kappa shape index (κ3) is 4.31. The molecule has 0 radical (unpaired) electrons. The average molecular weight is 436 g/mol. The van der Waals surface area contributed by atoms with Crippen LogP contribution in [0.1, 0.15) is 28.8 Å². The van der Waals surface area contributed by atoms with Gasteiger partial charge in [0.25, 0.3) is 11.6 Å². The van der Waals surface area contributed by atoms with E-state index in [0.29, 0.717) is 29.8 Å². The summed E-state index contributed by atoms with van der Waals surface area (Å²) in [5.74, 6) is -0.541. The third-order valence-electron chi connectivity index (χ3n) is 5.29. The van der Waals surface area contributed by atoms with E-state index in [2.05, 4.69) is 10.3 Å². The molecule has 9 heteroatoms. The zero-order valence-corrected chi connectivity index (χ0v) is 17.6. The third-order valence-corrected chi connectivity index (χ3v) is 6.11. The van der Waals surface area contributed by atoms with Gasteiger partial charge in [0, 0.05) is 46.6 Å². The van der Waals surface area contributed by atoms with E-state index in [0.717, 1.165) is 17.0 Å². The number of nitrogens with zero attached hydrogens (tertiary/aromatic N) is 3. The van der Waals surface area contributed by atoms with Crippen molar-refractivity contribution in [3.63, 3.8) is 0 Å². The number of hydrogen-bond donors (Lipinski definition) is 1. The SMILES string of the molecule is Cc1cc(C(=O)N2CCCC2C(=O)Nc2ccc(-c3nccs3)cc2)ccc1[N+](=O)[O-]. The molecule has 1 atom stereocenters.